The van der Waals surface area contributed by atoms with E-state index in [0.717, 1.165) is 6.20 Å². The maximum atomic E-state index is 14.3. The molecule has 4 aromatic rings. The number of esters is 1. The molecule has 0 spiro atoms. The Bertz CT molecular complexity index is 1370. The molecule has 11 heteroatoms. The zero-order chi connectivity index (χ0) is 24.8. The monoisotopic (exact) mass is 492 g/mol. The molecule has 4 rings (SSSR count). The summed E-state index contributed by atoms with van der Waals surface area (Å²) in [4.78, 5) is 36.2. The van der Waals surface area contributed by atoms with Crippen LogP contribution in [0.1, 0.15) is 20.7 Å². The van der Waals surface area contributed by atoms with E-state index in [0.29, 0.717) is 22.0 Å². The summed E-state index contributed by atoms with van der Waals surface area (Å²) in [5, 5.41) is 8.81. The number of ether oxygens (including phenoxy) is 1. The van der Waals surface area contributed by atoms with Gasteiger partial charge in [0, 0.05) is 11.9 Å². The number of halogens is 2. The fraction of sp³-hybridized carbons (Fsp3) is 0.0417. The summed E-state index contributed by atoms with van der Waals surface area (Å²) in [5.74, 6) is -1.27. The summed E-state index contributed by atoms with van der Waals surface area (Å²) in [6.45, 7) is 0. The maximum Gasteiger partial charge on any atom is 0.337 e. The molecular weight excluding hydrogens is 475 g/mol. The first-order valence-corrected chi connectivity index (χ1v) is 10.6. The quantitative estimate of drug-likeness (QED) is 0.302. The van der Waals surface area contributed by atoms with Gasteiger partial charge < -0.3 is 20.7 Å². The predicted molar refractivity (Wildman–Crippen MR) is 130 cm³/mol. The van der Waals surface area contributed by atoms with Crippen LogP contribution >= 0.6 is 11.6 Å². The Morgan fingerprint density at radius 2 is 1.66 bits per heavy atom. The fourth-order valence-electron chi connectivity index (χ4n) is 2.93. The third-order valence-electron chi connectivity index (χ3n) is 4.70. The van der Waals surface area contributed by atoms with Crippen LogP contribution in [-0.4, -0.2) is 33.9 Å². The molecule has 9 nitrogen and oxygen atoms in total. The molecule has 3 N–H and O–H groups in total. The summed E-state index contributed by atoms with van der Waals surface area (Å²) in [6, 6.07) is 16.3. The molecule has 0 saturated heterocycles. The first-order valence-electron chi connectivity index (χ1n) is 10.2. The van der Waals surface area contributed by atoms with Gasteiger partial charge in [-0.15, -0.1) is 0 Å². The molecule has 1 amide bonds. The number of rotatable bonds is 7. The summed E-state index contributed by atoms with van der Waals surface area (Å²) in [6.07, 6.45) is 2.35. The number of pyridine rings is 1. The Kier molecular flexibility index (Phi) is 7.12. The van der Waals surface area contributed by atoms with Gasteiger partial charge in [-0.2, -0.15) is 4.98 Å². The molecule has 0 fully saturated rings. The van der Waals surface area contributed by atoms with Crippen LogP contribution in [0.5, 0.6) is 0 Å². The number of amides is 1. The van der Waals surface area contributed by atoms with Crippen molar-refractivity contribution >= 4 is 52.4 Å². The van der Waals surface area contributed by atoms with Crippen molar-refractivity contribution < 1.29 is 18.7 Å². The highest BCUT2D eigenvalue weighted by molar-refractivity contribution is 6.33. The van der Waals surface area contributed by atoms with Crippen molar-refractivity contribution in [2.45, 2.75) is 0 Å². The molecule has 35 heavy (non-hydrogen) atoms. The number of hydrogen-bond acceptors (Lipinski definition) is 8. The Balaban J connectivity index is 1.43. The lowest BCUT2D eigenvalue weighted by atomic mass is 10.2. The zero-order valence-corrected chi connectivity index (χ0v) is 19.0. The van der Waals surface area contributed by atoms with Gasteiger partial charge in [0.25, 0.3) is 5.91 Å². The van der Waals surface area contributed by atoms with E-state index in [1.165, 1.54) is 25.4 Å². The highest BCUT2D eigenvalue weighted by Gasteiger charge is 2.12. The third-order valence-corrected chi connectivity index (χ3v) is 5.03. The van der Waals surface area contributed by atoms with Gasteiger partial charge >= 0.3 is 5.97 Å². The van der Waals surface area contributed by atoms with Crippen LogP contribution in [0.2, 0.25) is 5.02 Å². The molecule has 176 valence electrons. The molecule has 0 aliphatic carbocycles. The number of nitrogens with zero attached hydrogens (tertiary/aromatic N) is 3. The molecule has 2 heterocycles. The van der Waals surface area contributed by atoms with E-state index in [1.807, 2.05) is 0 Å². The largest absolute Gasteiger partial charge is 0.465 e. The first-order chi connectivity index (χ1) is 16.9. The van der Waals surface area contributed by atoms with Gasteiger partial charge in [0.1, 0.15) is 5.82 Å². The number of carbonyl (C=O) groups excluding carboxylic acids is 2. The first kappa shape index (κ1) is 23.6. The molecular formula is C24H18ClFN6O3. The van der Waals surface area contributed by atoms with Gasteiger partial charge in [-0.25, -0.2) is 19.2 Å². The standard InChI is InChI=1S/C24H18ClFN6O3/c1-35-23(34)14-6-9-16(10-7-14)29-24-28-13-18(26)21(32-24)31-20-11-8-15(12-27-20)22(33)30-19-5-3-2-4-17(19)25/h2-13H,1H3,(H,30,33)(H2,27,28,29,31,32). The maximum absolute atomic E-state index is 14.3. The Hall–Kier alpha value is -4.57. The van der Waals surface area contributed by atoms with Crippen LogP contribution in [-0.2, 0) is 4.74 Å². The Labute approximate surface area is 204 Å². The summed E-state index contributed by atoms with van der Waals surface area (Å²) >= 11 is 6.06. The van der Waals surface area contributed by atoms with E-state index in [2.05, 4.69) is 35.6 Å². The summed E-state index contributed by atoms with van der Waals surface area (Å²) < 4.78 is 19.0. The number of aromatic nitrogens is 3. The van der Waals surface area contributed by atoms with E-state index < -0.39 is 17.7 Å². The number of anilines is 5. The van der Waals surface area contributed by atoms with Gasteiger partial charge in [0.05, 0.1) is 35.1 Å². The van der Waals surface area contributed by atoms with Crippen LogP contribution in [0.25, 0.3) is 0 Å². The average molecular weight is 493 g/mol. The number of hydrogen-bond donors (Lipinski definition) is 3. The van der Waals surface area contributed by atoms with Crippen molar-refractivity contribution in [2.24, 2.45) is 0 Å². The van der Waals surface area contributed by atoms with Crippen molar-refractivity contribution in [1.29, 1.82) is 0 Å². The Morgan fingerprint density at radius 3 is 2.34 bits per heavy atom. The molecule has 0 unspecified atom stereocenters. The Morgan fingerprint density at radius 1 is 0.914 bits per heavy atom. The van der Waals surface area contributed by atoms with E-state index in [4.69, 9.17) is 11.6 Å². The van der Waals surface area contributed by atoms with Gasteiger partial charge in [0.2, 0.25) is 5.95 Å². The molecule has 2 aromatic heterocycles. The number of carbonyl (C=O) groups is 2. The molecule has 0 aliphatic rings. The van der Waals surface area contributed by atoms with E-state index in [-0.39, 0.29) is 23.1 Å². The van der Waals surface area contributed by atoms with Crippen molar-refractivity contribution in [3.63, 3.8) is 0 Å². The van der Waals surface area contributed by atoms with Crippen LogP contribution in [0.4, 0.5) is 33.3 Å². The fourth-order valence-corrected chi connectivity index (χ4v) is 3.12. The number of nitrogens with one attached hydrogen (secondary N) is 3. The predicted octanol–water partition coefficient (Wildman–Crippen LogP) is 5.19. The minimum atomic E-state index is -0.695. The number of para-hydroxylation sites is 1. The minimum absolute atomic E-state index is 0.116. The van der Waals surface area contributed by atoms with Crippen LogP contribution in [0.15, 0.2) is 73.1 Å². The molecule has 0 bridgehead atoms. The van der Waals surface area contributed by atoms with E-state index in [9.17, 15) is 14.0 Å². The van der Waals surface area contributed by atoms with Gasteiger partial charge in [-0.1, -0.05) is 23.7 Å². The van der Waals surface area contributed by atoms with Crippen molar-refractivity contribution in [2.75, 3.05) is 23.1 Å². The lowest BCUT2D eigenvalue weighted by Crippen LogP contribution is -2.12. The molecule has 0 aliphatic heterocycles. The van der Waals surface area contributed by atoms with Gasteiger partial charge in [-0.05, 0) is 48.5 Å². The molecule has 0 saturated carbocycles. The van der Waals surface area contributed by atoms with Crippen molar-refractivity contribution in [1.82, 2.24) is 15.0 Å². The second kappa shape index (κ2) is 10.6. The van der Waals surface area contributed by atoms with E-state index >= 15 is 0 Å². The smallest absolute Gasteiger partial charge is 0.337 e. The highest BCUT2D eigenvalue weighted by atomic mass is 35.5. The average Bonchev–Trinajstić information content (AvgIpc) is 2.88. The second-order valence-electron chi connectivity index (χ2n) is 7.08. The van der Waals surface area contributed by atoms with Crippen LogP contribution in [0.3, 0.4) is 0 Å². The molecule has 0 atom stereocenters. The van der Waals surface area contributed by atoms with Crippen molar-refractivity contribution in [3.05, 3.63) is 95.0 Å². The molecule has 2 aromatic carbocycles. The summed E-state index contributed by atoms with van der Waals surface area (Å²) in [5.41, 5.74) is 1.73. The third kappa shape index (κ3) is 5.87. The molecule has 0 radical (unpaired) electrons. The van der Waals surface area contributed by atoms with E-state index in [1.54, 1.807) is 48.5 Å². The summed E-state index contributed by atoms with van der Waals surface area (Å²) in [7, 11) is 1.30. The zero-order valence-electron chi connectivity index (χ0n) is 18.3. The normalized spacial score (nSPS) is 10.4. The topological polar surface area (TPSA) is 118 Å². The number of benzene rings is 2. The van der Waals surface area contributed by atoms with Crippen LogP contribution < -0.4 is 16.0 Å². The second-order valence-corrected chi connectivity index (χ2v) is 7.48. The highest BCUT2D eigenvalue weighted by Crippen LogP contribution is 2.22. The van der Waals surface area contributed by atoms with Gasteiger partial charge in [-0.3, -0.25) is 4.79 Å². The SMILES string of the molecule is COC(=O)c1ccc(Nc2ncc(F)c(Nc3ccc(C(=O)Nc4ccccc4Cl)cn3)n2)cc1. The lowest BCUT2D eigenvalue weighted by molar-refractivity contribution is 0.0600. The number of methoxy groups -OCH3 is 1. The van der Waals surface area contributed by atoms with Crippen molar-refractivity contribution in [3.8, 4) is 0 Å². The van der Waals surface area contributed by atoms with Crippen LogP contribution in [0, 0.1) is 5.82 Å². The van der Waals surface area contributed by atoms with Gasteiger partial charge in [0.15, 0.2) is 11.6 Å². The lowest BCUT2D eigenvalue weighted by Gasteiger charge is -2.10. The minimum Gasteiger partial charge on any atom is -0.465 e.